The predicted molar refractivity (Wildman–Crippen MR) is 76.2 cm³/mol. The van der Waals surface area contributed by atoms with Crippen molar-refractivity contribution in [2.75, 3.05) is 0 Å². The van der Waals surface area contributed by atoms with Gasteiger partial charge in [-0.15, -0.1) is 0 Å². The van der Waals surface area contributed by atoms with Gasteiger partial charge in [0.2, 0.25) is 0 Å². The fraction of sp³-hybridized carbons (Fsp3) is 0.167. The molecule has 0 saturated heterocycles. The largest absolute Gasteiger partial charge is 0.310 e. The summed E-state index contributed by atoms with van der Waals surface area (Å²) in [6.07, 6.45) is -3.63. The number of allylic oxidation sites excluding steroid dienone is 2. The zero-order chi connectivity index (χ0) is 18.8. The molecule has 0 spiro atoms. The van der Waals surface area contributed by atoms with Crippen LogP contribution in [0.3, 0.4) is 0 Å². The van der Waals surface area contributed by atoms with Crippen LogP contribution < -0.4 is 0 Å². The third-order valence-electron chi connectivity index (χ3n) is 3.52. The summed E-state index contributed by atoms with van der Waals surface area (Å²) in [5, 5.41) is 0. The molecule has 2 rings (SSSR count). The number of rotatable bonds is 3. The fourth-order valence-electron chi connectivity index (χ4n) is 2.33. The van der Waals surface area contributed by atoms with E-state index in [0.29, 0.717) is 12.1 Å². The lowest BCUT2D eigenvalue weighted by molar-refractivity contribution is 0.316. The molecule has 1 aromatic rings. The van der Waals surface area contributed by atoms with E-state index in [9.17, 15) is 38.9 Å². The predicted octanol–water partition coefficient (Wildman–Crippen LogP) is 8.32. The van der Waals surface area contributed by atoms with Crippen LogP contribution in [0.2, 0.25) is 0 Å². The molecule has 0 bridgehead atoms. The molecule has 1 unspecified atom stereocenters. The first-order valence-electron chi connectivity index (χ1n) is 6.07. The zero-order valence-electron chi connectivity index (χ0n) is 11.4. The molecule has 12 heteroatoms. The summed E-state index contributed by atoms with van der Waals surface area (Å²) in [4.78, 5) is -2.62. The van der Waals surface area contributed by atoms with E-state index in [-0.39, 0.29) is 0 Å². The van der Waals surface area contributed by atoms with Crippen molar-refractivity contribution >= 4 is 20.4 Å². The van der Waals surface area contributed by atoms with Gasteiger partial charge in [0.1, 0.15) is 4.91 Å². The van der Waals surface area contributed by atoms with Crippen molar-refractivity contribution < 1.29 is 38.9 Å². The lowest BCUT2D eigenvalue weighted by Gasteiger charge is -2.56. The summed E-state index contributed by atoms with van der Waals surface area (Å²) >= 11 is 0. The number of benzene rings is 1. The Bertz CT molecular complexity index is 743. The van der Waals surface area contributed by atoms with Gasteiger partial charge in [-0.3, -0.25) is 0 Å². The van der Waals surface area contributed by atoms with Gasteiger partial charge in [0, 0.05) is 0 Å². The SMILES string of the molecule is FS(F)(F)(F)(F)C1=CCC(c2ccccc2)(S(F)(F)(F)(F)F)C=C1. The normalized spacial score (nSPS) is 28.2. The quantitative estimate of drug-likeness (QED) is 0.441. The second-order valence-electron chi connectivity index (χ2n) is 5.34. The summed E-state index contributed by atoms with van der Waals surface area (Å²) < 4.78 is 127. The zero-order valence-corrected chi connectivity index (χ0v) is 13.1. The monoisotopic (exact) mass is 408 g/mol. The third kappa shape index (κ3) is 3.25. The number of hydrogen-bond donors (Lipinski definition) is 0. The molecular formula is C12H10F10S2. The van der Waals surface area contributed by atoms with E-state index < -0.39 is 60.3 Å². The first-order chi connectivity index (χ1) is 10.2. The fourth-order valence-corrected chi connectivity index (χ4v) is 4.36. The standard InChI is InChI=1S/C12H10F10S2/c13-23(14,15,16,17)11-6-8-12(9-7-11,24(18,19,20,21)22)10-4-2-1-3-5-10/h1-8H,9H2. The highest BCUT2D eigenvalue weighted by Crippen LogP contribution is 3.07. The Hall–Kier alpha value is -1.30. The van der Waals surface area contributed by atoms with Crippen LogP contribution in [0.1, 0.15) is 12.0 Å². The number of halogens is 10. The smallest absolute Gasteiger partial charge is 0.0966 e. The van der Waals surface area contributed by atoms with Gasteiger partial charge in [-0.1, -0.05) is 81.3 Å². The molecule has 0 amide bonds. The first kappa shape index (κ1) is 19.0. The highest BCUT2D eigenvalue weighted by Gasteiger charge is 2.79. The van der Waals surface area contributed by atoms with Crippen molar-refractivity contribution in [1.29, 1.82) is 0 Å². The van der Waals surface area contributed by atoms with Crippen molar-refractivity contribution in [2.45, 2.75) is 11.2 Å². The van der Waals surface area contributed by atoms with Crippen LogP contribution in [0.5, 0.6) is 0 Å². The van der Waals surface area contributed by atoms with Crippen LogP contribution >= 0.6 is 20.4 Å². The molecule has 0 nitrogen and oxygen atoms in total. The van der Waals surface area contributed by atoms with Crippen molar-refractivity contribution in [3.8, 4) is 0 Å². The Morgan fingerprint density at radius 2 is 1.25 bits per heavy atom. The van der Waals surface area contributed by atoms with E-state index in [1.165, 1.54) is 6.07 Å². The minimum Gasteiger partial charge on any atom is -0.0966 e. The van der Waals surface area contributed by atoms with E-state index in [4.69, 9.17) is 0 Å². The summed E-state index contributed by atoms with van der Waals surface area (Å²) in [5.74, 6) is 0. The summed E-state index contributed by atoms with van der Waals surface area (Å²) in [7, 11) is -20.7. The van der Waals surface area contributed by atoms with Crippen molar-refractivity contribution in [1.82, 2.24) is 0 Å². The molecule has 0 aromatic heterocycles. The van der Waals surface area contributed by atoms with Crippen molar-refractivity contribution in [2.24, 2.45) is 0 Å². The maximum atomic E-state index is 13.5. The van der Waals surface area contributed by atoms with Crippen LogP contribution in [-0.2, 0) is 4.75 Å². The average Bonchev–Trinajstić information content (AvgIpc) is 2.34. The molecule has 1 aliphatic carbocycles. The van der Waals surface area contributed by atoms with E-state index in [0.717, 1.165) is 12.1 Å². The topological polar surface area (TPSA) is 0 Å². The Balaban J connectivity index is 2.71. The molecule has 1 aromatic carbocycles. The van der Waals surface area contributed by atoms with Crippen LogP contribution in [0.25, 0.3) is 0 Å². The van der Waals surface area contributed by atoms with Crippen molar-refractivity contribution in [3.05, 3.63) is 59.0 Å². The van der Waals surface area contributed by atoms with Crippen LogP contribution in [0.4, 0.5) is 38.9 Å². The Kier molecular flexibility index (Phi) is 2.98. The maximum absolute atomic E-state index is 13.5. The van der Waals surface area contributed by atoms with Crippen molar-refractivity contribution in [3.63, 3.8) is 0 Å². The van der Waals surface area contributed by atoms with Gasteiger partial charge in [-0.2, -0.15) is 0 Å². The van der Waals surface area contributed by atoms with Gasteiger partial charge in [-0.05, 0) is 18.1 Å². The Labute approximate surface area is 130 Å². The first-order valence-corrected chi connectivity index (χ1v) is 9.98. The van der Waals surface area contributed by atoms with E-state index >= 15 is 0 Å². The highest BCUT2D eigenvalue weighted by atomic mass is 32.5. The Morgan fingerprint density at radius 1 is 0.750 bits per heavy atom. The second kappa shape index (κ2) is 3.76. The highest BCUT2D eigenvalue weighted by molar-refractivity contribution is 8.49. The van der Waals surface area contributed by atoms with Gasteiger partial charge in [0.15, 0.2) is 4.75 Å². The van der Waals surface area contributed by atoms with E-state index in [1.807, 2.05) is 0 Å². The molecule has 1 atom stereocenters. The molecule has 0 fully saturated rings. The molecular weight excluding hydrogens is 398 g/mol. The van der Waals surface area contributed by atoms with Gasteiger partial charge in [0.05, 0.1) is 0 Å². The maximum Gasteiger partial charge on any atom is 0.310 e. The molecule has 0 radical (unpaired) electrons. The summed E-state index contributed by atoms with van der Waals surface area (Å²) in [6.45, 7) is 0. The molecule has 0 heterocycles. The van der Waals surface area contributed by atoms with Crippen LogP contribution in [0, 0.1) is 0 Å². The lowest BCUT2D eigenvalue weighted by atomic mass is 9.91. The lowest BCUT2D eigenvalue weighted by Crippen LogP contribution is -2.38. The molecule has 0 N–H and O–H groups in total. The Morgan fingerprint density at radius 3 is 1.58 bits per heavy atom. The van der Waals surface area contributed by atoms with Crippen LogP contribution in [0.15, 0.2) is 53.5 Å². The molecule has 24 heavy (non-hydrogen) atoms. The van der Waals surface area contributed by atoms with Crippen LogP contribution in [-0.4, -0.2) is 0 Å². The van der Waals surface area contributed by atoms with Gasteiger partial charge in [0.25, 0.3) is 10.2 Å². The summed E-state index contributed by atoms with van der Waals surface area (Å²) in [6, 6.07) is 4.49. The van der Waals surface area contributed by atoms with E-state index in [2.05, 4.69) is 0 Å². The van der Waals surface area contributed by atoms with Gasteiger partial charge in [-0.25, -0.2) is 0 Å². The average molecular weight is 408 g/mol. The minimum absolute atomic E-state index is 0.517. The molecule has 0 saturated carbocycles. The second-order valence-corrected chi connectivity index (χ2v) is 10.4. The minimum atomic E-state index is -10.4. The summed E-state index contributed by atoms with van der Waals surface area (Å²) in [5.41, 5.74) is -1.03. The number of hydrogen-bond acceptors (Lipinski definition) is 0. The van der Waals surface area contributed by atoms with Gasteiger partial charge >= 0.3 is 10.2 Å². The third-order valence-corrected chi connectivity index (χ3v) is 6.63. The molecule has 1 aliphatic rings. The van der Waals surface area contributed by atoms with Gasteiger partial charge < -0.3 is 0 Å². The van der Waals surface area contributed by atoms with E-state index in [1.54, 1.807) is 0 Å². The molecule has 140 valence electrons. The molecule has 0 aliphatic heterocycles.